The topological polar surface area (TPSA) is 17.6 Å². The number of rotatable bonds is 4. The van der Waals surface area contributed by atoms with Crippen molar-refractivity contribution in [3.05, 3.63) is 158 Å². The molecule has 0 spiro atoms. The first kappa shape index (κ1) is 30.3. The molecule has 10 aromatic rings. The van der Waals surface area contributed by atoms with Crippen molar-refractivity contribution in [2.45, 2.75) is 0 Å². The molecule has 0 unspecified atom stereocenters. The van der Waals surface area contributed by atoms with Crippen molar-refractivity contribution >= 4 is 54.1 Å². The molecule has 10 rings (SSSR count). The van der Waals surface area contributed by atoms with Crippen molar-refractivity contribution in [3.63, 3.8) is 0 Å². The average molecular weight is 671 g/mol. The molecule has 4 nitrogen and oxygen atoms in total. The van der Waals surface area contributed by atoms with Crippen LogP contribution in [0, 0.1) is 0 Å². The Bertz CT molecular complexity index is 2910. The molecule has 0 aliphatic heterocycles. The van der Waals surface area contributed by atoms with Crippen LogP contribution in [0.3, 0.4) is 0 Å². The van der Waals surface area contributed by atoms with E-state index in [1.54, 1.807) is 0 Å². The number of benzene rings is 8. The van der Waals surface area contributed by atoms with Gasteiger partial charge in [0.15, 0.2) is 14.1 Å². The van der Waals surface area contributed by atoms with Crippen LogP contribution in [0.5, 0.6) is 0 Å². The molecule has 0 atom stereocenters. The zero-order valence-electron chi connectivity index (χ0n) is 29.8. The first-order valence-electron chi connectivity index (χ1n) is 17.9. The minimum Gasteiger partial charge on any atom is -0.156 e. The van der Waals surface area contributed by atoms with Crippen molar-refractivity contribution in [2.24, 2.45) is 28.2 Å². The lowest BCUT2D eigenvalue weighted by Crippen LogP contribution is -2.35. The van der Waals surface area contributed by atoms with E-state index in [-0.39, 0.29) is 0 Å². The van der Waals surface area contributed by atoms with Gasteiger partial charge >= 0.3 is 0 Å². The summed E-state index contributed by atoms with van der Waals surface area (Å²) in [7, 11) is 8.44. The lowest BCUT2D eigenvalue weighted by molar-refractivity contribution is -0.748. The molecular formula is C48H38N4+2. The van der Waals surface area contributed by atoms with E-state index < -0.39 is 0 Å². The van der Waals surface area contributed by atoms with Gasteiger partial charge < -0.3 is 0 Å². The van der Waals surface area contributed by atoms with Gasteiger partial charge in [-0.1, -0.05) is 115 Å². The number of aryl methyl sites for hydroxylation is 4. The smallest absolute Gasteiger partial charge is 0.156 e. The fourth-order valence-electron chi connectivity index (χ4n) is 8.47. The molecule has 2 heterocycles. The highest BCUT2D eigenvalue weighted by Gasteiger charge is 2.20. The molecule has 0 radical (unpaired) electrons. The normalized spacial score (nSPS) is 11.8. The fourth-order valence-corrected chi connectivity index (χ4v) is 8.47. The van der Waals surface area contributed by atoms with E-state index in [1.165, 1.54) is 98.6 Å². The summed E-state index contributed by atoms with van der Waals surface area (Å²) < 4.78 is 8.71. The lowest BCUT2D eigenvalue weighted by atomic mass is 9.84. The van der Waals surface area contributed by atoms with Gasteiger partial charge in [-0.25, -0.2) is 0 Å². The Morgan fingerprint density at radius 1 is 0.365 bits per heavy atom. The molecule has 4 heteroatoms. The molecule has 248 valence electrons. The van der Waals surface area contributed by atoms with Gasteiger partial charge in [0.25, 0.3) is 0 Å². The molecule has 0 amide bonds. The van der Waals surface area contributed by atoms with Gasteiger partial charge in [0.2, 0.25) is 12.4 Å². The Hall–Kier alpha value is -6.52. The predicted molar refractivity (Wildman–Crippen MR) is 216 cm³/mol. The summed E-state index contributed by atoms with van der Waals surface area (Å²) in [6, 6.07) is 54.2. The van der Waals surface area contributed by atoms with Crippen LogP contribution >= 0.6 is 0 Å². The molecule has 8 aromatic carbocycles. The Labute approximate surface area is 302 Å². The van der Waals surface area contributed by atoms with Crippen molar-refractivity contribution in [1.29, 1.82) is 0 Å². The summed E-state index contributed by atoms with van der Waals surface area (Å²) in [5, 5.41) is 9.98. The first-order valence-corrected chi connectivity index (χ1v) is 17.9. The quantitative estimate of drug-likeness (QED) is 0.131. The Kier molecular flexibility index (Phi) is 6.71. The maximum absolute atomic E-state index is 2.45. The minimum absolute atomic E-state index is 1.21. The summed E-state index contributed by atoms with van der Waals surface area (Å²) in [4.78, 5) is 0. The van der Waals surface area contributed by atoms with E-state index in [1.807, 2.05) is 0 Å². The molecule has 0 fully saturated rings. The number of hydrogen-bond donors (Lipinski definition) is 0. The fraction of sp³-hybridized carbons (Fsp3) is 0.0833. The number of hydrogen-bond acceptors (Lipinski definition) is 0. The van der Waals surface area contributed by atoms with Gasteiger partial charge in [0.1, 0.15) is 11.0 Å². The van der Waals surface area contributed by atoms with Gasteiger partial charge in [-0.3, -0.25) is 0 Å². The third-order valence-corrected chi connectivity index (χ3v) is 11.3. The molecule has 0 bridgehead atoms. The van der Waals surface area contributed by atoms with Crippen molar-refractivity contribution in [1.82, 2.24) is 9.36 Å². The zero-order chi connectivity index (χ0) is 35.1. The second-order valence-electron chi connectivity index (χ2n) is 14.1. The van der Waals surface area contributed by atoms with E-state index in [9.17, 15) is 0 Å². The van der Waals surface area contributed by atoms with Crippen LogP contribution in [0.25, 0.3) is 98.6 Å². The maximum Gasteiger partial charge on any atom is 0.203 e. The van der Waals surface area contributed by atoms with E-state index >= 15 is 0 Å². The van der Waals surface area contributed by atoms with E-state index in [0.717, 1.165) is 0 Å². The predicted octanol–water partition coefficient (Wildman–Crippen LogP) is 10.4. The van der Waals surface area contributed by atoms with Crippen LogP contribution in [0.4, 0.5) is 0 Å². The summed E-state index contributed by atoms with van der Waals surface area (Å²) >= 11 is 0. The Balaban J connectivity index is 1.32. The molecule has 52 heavy (non-hydrogen) atoms. The minimum atomic E-state index is 1.21. The van der Waals surface area contributed by atoms with Gasteiger partial charge in [0, 0.05) is 0 Å². The molecule has 0 saturated carbocycles. The van der Waals surface area contributed by atoms with Crippen molar-refractivity contribution < 1.29 is 9.36 Å². The van der Waals surface area contributed by atoms with Gasteiger partial charge in [-0.2, -0.15) is 9.36 Å². The largest absolute Gasteiger partial charge is 0.203 e. The second kappa shape index (κ2) is 11.5. The van der Waals surface area contributed by atoms with E-state index in [4.69, 9.17) is 0 Å². The molecule has 2 aromatic heterocycles. The average Bonchev–Trinajstić information content (AvgIpc) is 3.64. The Morgan fingerprint density at radius 3 is 1.33 bits per heavy atom. The summed E-state index contributed by atoms with van der Waals surface area (Å²) in [5.41, 5.74) is 12.3. The maximum atomic E-state index is 2.45. The van der Waals surface area contributed by atoms with Crippen LogP contribution < -0.4 is 9.36 Å². The van der Waals surface area contributed by atoms with Crippen LogP contribution in [0.2, 0.25) is 0 Å². The highest BCUT2D eigenvalue weighted by molar-refractivity contribution is 6.22. The van der Waals surface area contributed by atoms with Crippen molar-refractivity contribution in [2.75, 3.05) is 0 Å². The number of fused-ring (bicyclic) bond motifs is 5. The van der Waals surface area contributed by atoms with Crippen LogP contribution in [-0.4, -0.2) is 9.36 Å². The summed E-state index contributed by atoms with van der Waals surface area (Å²) in [6.45, 7) is 0. The van der Waals surface area contributed by atoms with Gasteiger partial charge in [-0.05, 0) is 107 Å². The third kappa shape index (κ3) is 4.54. The first-order chi connectivity index (χ1) is 25.4. The van der Waals surface area contributed by atoms with E-state index in [0.29, 0.717) is 0 Å². The van der Waals surface area contributed by atoms with Crippen LogP contribution in [-0.2, 0) is 28.2 Å². The molecule has 0 saturated heterocycles. The molecule has 0 N–H and O–H groups in total. The highest BCUT2D eigenvalue weighted by atomic mass is 15.4. The highest BCUT2D eigenvalue weighted by Crippen LogP contribution is 2.46. The SMILES string of the molecule is Cn1c2cc(-c3cccc4c(-c5cccc6c(-c7ccccc7)cccc56)c5cccc(-c6ccc7c[n+](C)n(C)c7c6)c5cc34)ccc2c[n+]1C. The van der Waals surface area contributed by atoms with Crippen LogP contribution in [0.15, 0.2) is 158 Å². The van der Waals surface area contributed by atoms with E-state index in [2.05, 4.69) is 205 Å². The molecule has 0 aliphatic rings. The van der Waals surface area contributed by atoms with Gasteiger partial charge in [0.05, 0.1) is 24.9 Å². The molecular weight excluding hydrogens is 633 g/mol. The molecule has 0 aliphatic carbocycles. The van der Waals surface area contributed by atoms with Crippen LogP contribution in [0.1, 0.15) is 0 Å². The number of nitrogens with zero attached hydrogens (tertiary/aromatic N) is 4. The number of aromatic nitrogens is 4. The summed E-state index contributed by atoms with van der Waals surface area (Å²) in [5.74, 6) is 0. The zero-order valence-corrected chi connectivity index (χ0v) is 29.8. The Morgan fingerprint density at radius 2 is 0.808 bits per heavy atom. The standard InChI is InChI=1S/C48H38N4/c1-49-29-34-24-22-32(26-46(34)51(49)3)37-15-9-20-42-44(37)28-45-38(33-23-25-35-30-50(2)52(4)47(35)27-33)16-10-21-43(45)48(42)41-19-11-17-39-36(14-8-18-40(39)41)31-12-6-5-7-13-31/h5-30H,1-4H3/q+2. The van der Waals surface area contributed by atoms with Gasteiger partial charge in [-0.15, -0.1) is 9.36 Å². The summed E-state index contributed by atoms with van der Waals surface area (Å²) in [6.07, 6.45) is 4.38. The second-order valence-corrected chi connectivity index (χ2v) is 14.1. The monoisotopic (exact) mass is 670 g/mol. The lowest BCUT2D eigenvalue weighted by Gasteiger charge is -2.19. The third-order valence-electron chi connectivity index (χ3n) is 11.3. The van der Waals surface area contributed by atoms with Crippen molar-refractivity contribution in [3.8, 4) is 44.5 Å².